The number of aromatic nitrogens is 2. The molecule has 94 valence electrons. The van der Waals surface area contributed by atoms with E-state index in [2.05, 4.69) is 14.7 Å². The first-order valence-electron chi connectivity index (χ1n) is 4.69. The zero-order chi connectivity index (χ0) is 13.3. The first kappa shape index (κ1) is 12.5. The summed E-state index contributed by atoms with van der Waals surface area (Å²) in [5, 5.41) is 3.26. The van der Waals surface area contributed by atoms with E-state index in [-0.39, 0.29) is 10.8 Å². The second kappa shape index (κ2) is 4.37. The maximum absolute atomic E-state index is 12.3. The van der Waals surface area contributed by atoms with Gasteiger partial charge in [0.05, 0.1) is 0 Å². The molecule has 1 aromatic carbocycles. The number of nitrogens with two attached hydrogens (primary N) is 1. The van der Waals surface area contributed by atoms with Gasteiger partial charge in [0.15, 0.2) is 0 Å². The minimum atomic E-state index is -4.65. The lowest BCUT2D eigenvalue weighted by Crippen LogP contribution is -2.08. The highest BCUT2D eigenvalue weighted by Crippen LogP contribution is 2.29. The fourth-order valence-electron chi connectivity index (χ4n) is 1.24. The molecule has 18 heavy (non-hydrogen) atoms. The molecule has 0 radical (unpaired) electrons. The van der Waals surface area contributed by atoms with Crippen molar-refractivity contribution in [2.24, 2.45) is 5.73 Å². The number of nitrogens with zero attached hydrogens (tertiary/aromatic N) is 2. The summed E-state index contributed by atoms with van der Waals surface area (Å²) in [5.41, 5.74) is 6.39. The molecule has 0 aliphatic heterocycles. The number of halogens is 3. The van der Waals surface area contributed by atoms with Crippen LogP contribution in [0.5, 0.6) is 0 Å². The maximum Gasteiger partial charge on any atom is 0.471 e. The Balaban J connectivity index is 2.32. The highest BCUT2D eigenvalue weighted by atomic mass is 32.1. The van der Waals surface area contributed by atoms with Crippen molar-refractivity contribution >= 4 is 17.2 Å². The van der Waals surface area contributed by atoms with Gasteiger partial charge in [0.2, 0.25) is 5.82 Å². The minimum Gasteiger partial charge on any atom is -0.389 e. The van der Waals surface area contributed by atoms with E-state index in [1.165, 1.54) is 12.1 Å². The van der Waals surface area contributed by atoms with E-state index in [0.717, 1.165) is 0 Å². The maximum atomic E-state index is 12.3. The lowest BCUT2D eigenvalue weighted by molar-refractivity contribution is -0.159. The van der Waals surface area contributed by atoms with Gasteiger partial charge in [-0.05, 0) is 0 Å². The molecule has 0 saturated carbocycles. The van der Waals surface area contributed by atoms with Crippen LogP contribution < -0.4 is 5.73 Å². The Hall–Kier alpha value is -1.96. The Morgan fingerprint density at radius 3 is 2.28 bits per heavy atom. The van der Waals surface area contributed by atoms with Gasteiger partial charge in [-0.3, -0.25) is 0 Å². The Morgan fingerprint density at radius 1 is 1.22 bits per heavy atom. The van der Waals surface area contributed by atoms with Gasteiger partial charge in [-0.25, -0.2) is 0 Å². The number of alkyl halides is 3. The van der Waals surface area contributed by atoms with Crippen LogP contribution in [0.25, 0.3) is 11.4 Å². The molecule has 4 nitrogen and oxygen atoms in total. The lowest BCUT2D eigenvalue weighted by atomic mass is 10.1. The quantitative estimate of drug-likeness (QED) is 0.851. The summed E-state index contributed by atoms with van der Waals surface area (Å²) >= 11 is 4.75. The van der Waals surface area contributed by atoms with Crippen LogP contribution in [-0.4, -0.2) is 15.1 Å². The van der Waals surface area contributed by atoms with Crippen molar-refractivity contribution in [3.63, 3.8) is 0 Å². The second-order valence-electron chi connectivity index (χ2n) is 3.36. The highest BCUT2D eigenvalue weighted by molar-refractivity contribution is 7.80. The summed E-state index contributed by atoms with van der Waals surface area (Å²) in [4.78, 5) is 3.46. The third kappa shape index (κ3) is 2.48. The summed E-state index contributed by atoms with van der Waals surface area (Å²) in [6, 6.07) is 6.17. The van der Waals surface area contributed by atoms with Crippen molar-refractivity contribution in [2.75, 3.05) is 0 Å². The standard InChI is InChI=1S/C10H6F3N3OS/c11-10(12,13)9-15-8(16-17-9)6-3-1-5(2-4-6)7(14)18/h1-4H,(H2,14,18). The van der Waals surface area contributed by atoms with Gasteiger partial charge in [-0.1, -0.05) is 41.6 Å². The van der Waals surface area contributed by atoms with Crippen molar-refractivity contribution in [3.8, 4) is 11.4 Å². The van der Waals surface area contributed by atoms with E-state index >= 15 is 0 Å². The first-order valence-corrected chi connectivity index (χ1v) is 5.10. The highest BCUT2D eigenvalue weighted by Gasteiger charge is 2.38. The van der Waals surface area contributed by atoms with Crippen LogP contribution in [-0.2, 0) is 6.18 Å². The molecular weight excluding hydrogens is 267 g/mol. The molecule has 0 saturated heterocycles. The minimum absolute atomic E-state index is 0.142. The average Bonchev–Trinajstić information content (AvgIpc) is 2.78. The van der Waals surface area contributed by atoms with Crippen molar-refractivity contribution in [1.29, 1.82) is 0 Å². The van der Waals surface area contributed by atoms with Crippen LogP contribution in [0.15, 0.2) is 28.8 Å². The van der Waals surface area contributed by atoms with E-state index < -0.39 is 12.1 Å². The van der Waals surface area contributed by atoms with Crippen LogP contribution in [0, 0.1) is 0 Å². The molecule has 1 heterocycles. The van der Waals surface area contributed by atoms with Crippen molar-refractivity contribution in [3.05, 3.63) is 35.7 Å². The van der Waals surface area contributed by atoms with Crippen LogP contribution in [0.1, 0.15) is 11.5 Å². The third-order valence-electron chi connectivity index (χ3n) is 2.10. The van der Waals surface area contributed by atoms with Crippen molar-refractivity contribution in [1.82, 2.24) is 10.1 Å². The fourth-order valence-corrected chi connectivity index (χ4v) is 1.38. The first-order chi connectivity index (χ1) is 8.38. The van der Waals surface area contributed by atoms with E-state index in [4.69, 9.17) is 18.0 Å². The number of rotatable bonds is 2. The molecule has 2 rings (SSSR count). The molecule has 0 spiro atoms. The molecule has 2 N–H and O–H groups in total. The van der Waals surface area contributed by atoms with E-state index in [1.807, 2.05) is 0 Å². The van der Waals surface area contributed by atoms with Gasteiger partial charge >= 0.3 is 12.1 Å². The van der Waals surface area contributed by atoms with Crippen LogP contribution in [0.3, 0.4) is 0 Å². The molecule has 0 unspecified atom stereocenters. The van der Waals surface area contributed by atoms with Gasteiger partial charge < -0.3 is 10.3 Å². The molecule has 0 aliphatic rings. The molecule has 2 aromatic rings. The monoisotopic (exact) mass is 273 g/mol. The summed E-state index contributed by atoms with van der Waals surface area (Å²) < 4.78 is 40.9. The van der Waals surface area contributed by atoms with Gasteiger partial charge in [0.1, 0.15) is 4.99 Å². The van der Waals surface area contributed by atoms with Gasteiger partial charge in [-0.2, -0.15) is 18.2 Å². The topological polar surface area (TPSA) is 64.9 Å². The Labute approximate surface area is 105 Å². The SMILES string of the molecule is NC(=S)c1ccc(-c2noc(C(F)(F)F)n2)cc1. The molecule has 0 atom stereocenters. The average molecular weight is 273 g/mol. The predicted molar refractivity (Wildman–Crippen MR) is 60.6 cm³/mol. The molecule has 1 aromatic heterocycles. The predicted octanol–water partition coefficient (Wildman–Crippen LogP) is 2.39. The summed E-state index contributed by atoms with van der Waals surface area (Å²) in [7, 11) is 0. The zero-order valence-corrected chi connectivity index (χ0v) is 9.55. The van der Waals surface area contributed by atoms with Crippen molar-refractivity contribution < 1.29 is 17.7 Å². The van der Waals surface area contributed by atoms with E-state index in [9.17, 15) is 13.2 Å². The molecule has 0 amide bonds. The molecule has 0 fully saturated rings. The third-order valence-corrected chi connectivity index (χ3v) is 2.33. The normalized spacial score (nSPS) is 11.5. The number of hydrogen-bond acceptors (Lipinski definition) is 4. The van der Waals surface area contributed by atoms with Gasteiger partial charge in [0, 0.05) is 11.1 Å². The Morgan fingerprint density at radius 2 is 1.83 bits per heavy atom. The number of thiocarbonyl (C=S) groups is 1. The fraction of sp³-hybridized carbons (Fsp3) is 0.100. The summed E-state index contributed by atoms with van der Waals surface area (Å²) in [6.45, 7) is 0. The Kier molecular flexibility index (Phi) is 3.04. The van der Waals surface area contributed by atoms with Crippen LogP contribution in [0.2, 0.25) is 0 Å². The summed E-state index contributed by atoms with van der Waals surface area (Å²) in [5.74, 6) is -1.52. The molecular formula is C10H6F3N3OS. The largest absolute Gasteiger partial charge is 0.471 e. The van der Waals surface area contributed by atoms with Gasteiger partial charge in [-0.15, -0.1) is 0 Å². The molecule has 8 heteroatoms. The van der Waals surface area contributed by atoms with Crippen LogP contribution in [0.4, 0.5) is 13.2 Å². The number of benzene rings is 1. The molecule has 0 aliphatic carbocycles. The van der Waals surface area contributed by atoms with Crippen LogP contribution >= 0.6 is 12.2 Å². The van der Waals surface area contributed by atoms with Gasteiger partial charge in [0.25, 0.3) is 0 Å². The smallest absolute Gasteiger partial charge is 0.389 e. The second-order valence-corrected chi connectivity index (χ2v) is 3.80. The summed E-state index contributed by atoms with van der Waals surface area (Å²) in [6.07, 6.45) is -4.65. The lowest BCUT2D eigenvalue weighted by Gasteiger charge is -1.98. The molecule has 0 bridgehead atoms. The van der Waals surface area contributed by atoms with E-state index in [0.29, 0.717) is 11.1 Å². The zero-order valence-electron chi connectivity index (χ0n) is 8.73. The van der Waals surface area contributed by atoms with E-state index in [1.54, 1.807) is 12.1 Å². The Bertz CT molecular complexity index is 577. The number of hydrogen-bond donors (Lipinski definition) is 1. The van der Waals surface area contributed by atoms with Crippen molar-refractivity contribution in [2.45, 2.75) is 6.18 Å².